The molecule has 4 heterocycles. The van der Waals surface area contributed by atoms with E-state index in [0.717, 1.165) is 28.8 Å². The molecule has 2 aromatic rings. The highest BCUT2D eigenvalue weighted by Crippen LogP contribution is 2.47. The van der Waals surface area contributed by atoms with E-state index in [1.165, 1.54) is 11.3 Å². The lowest BCUT2D eigenvalue weighted by Crippen LogP contribution is -2.42. The molecule has 2 aliphatic rings. The van der Waals surface area contributed by atoms with Crippen molar-refractivity contribution in [2.75, 3.05) is 11.9 Å². The number of nitrogens with one attached hydrogen (secondary N) is 1. The molecule has 28 heavy (non-hydrogen) atoms. The fourth-order valence-corrected chi connectivity index (χ4v) is 5.27. The Hall–Kier alpha value is -1.55. The molecule has 0 bridgehead atoms. The Kier molecular flexibility index (Phi) is 5.20. The molecule has 0 aromatic carbocycles. The van der Waals surface area contributed by atoms with Gasteiger partial charge in [-0.2, -0.15) is 18.3 Å². The first-order valence-electron chi connectivity index (χ1n) is 9.23. The smallest absolute Gasteiger partial charge is 0.362 e. The molecule has 1 amide bonds. The minimum Gasteiger partial charge on any atom is -0.362 e. The van der Waals surface area contributed by atoms with Gasteiger partial charge in [-0.15, -0.1) is 11.3 Å². The summed E-state index contributed by atoms with van der Waals surface area (Å²) in [5, 5.41) is 9.12. The predicted molar refractivity (Wildman–Crippen MR) is 105 cm³/mol. The van der Waals surface area contributed by atoms with Crippen LogP contribution in [0.2, 0.25) is 0 Å². The Balaban J connectivity index is 1.73. The molecule has 152 valence electrons. The number of anilines is 1. The molecule has 10 heteroatoms. The third-order valence-electron chi connectivity index (χ3n) is 5.45. The first-order chi connectivity index (χ1) is 13.3. The molecule has 0 saturated carbocycles. The zero-order valence-corrected chi connectivity index (χ0v) is 17.6. The third kappa shape index (κ3) is 3.45. The van der Waals surface area contributed by atoms with E-state index >= 15 is 0 Å². The van der Waals surface area contributed by atoms with Gasteiger partial charge in [-0.1, -0.05) is 6.07 Å². The summed E-state index contributed by atoms with van der Waals surface area (Å²) in [5.41, 5.74) is 0.0392. The summed E-state index contributed by atoms with van der Waals surface area (Å²) in [6.07, 6.45) is -1.80. The number of amides is 1. The molecule has 1 fully saturated rings. The normalized spacial score (nSPS) is 25.3. The summed E-state index contributed by atoms with van der Waals surface area (Å²) in [6, 6.07) is 1.42. The van der Waals surface area contributed by atoms with E-state index in [2.05, 4.69) is 26.3 Å². The highest BCUT2D eigenvalue weighted by atomic mass is 79.9. The van der Waals surface area contributed by atoms with Crippen molar-refractivity contribution in [2.45, 2.75) is 56.9 Å². The minimum absolute atomic E-state index is 0.0392. The molecule has 1 saturated heterocycles. The molecular weight excluding hydrogens is 457 g/mol. The van der Waals surface area contributed by atoms with Crippen molar-refractivity contribution in [3.05, 3.63) is 32.6 Å². The van der Waals surface area contributed by atoms with Crippen LogP contribution in [0.1, 0.15) is 60.1 Å². The topological polar surface area (TPSA) is 50.2 Å². The van der Waals surface area contributed by atoms with Crippen molar-refractivity contribution >= 4 is 39.0 Å². The molecule has 2 aromatic heterocycles. The number of carbonyl (C=O) groups is 1. The van der Waals surface area contributed by atoms with Crippen LogP contribution in [0.5, 0.6) is 0 Å². The average Bonchev–Trinajstić information content (AvgIpc) is 3.29. The van der Waals surface area contributed by atoms with Gasteiger partial charge in [0.2, 0.25) is 0 Å². The van der Waals surface area contributed by atoms with Crippen LogP contribution in [0.15, 0.2) is 22.0 Å². The highest BCUT2D eigenvalue weighted by Gasteiger charge is 2.48. The molecule has 0 spiro atoms. The zero-order valence-electron chi connectivity index (χ0n) is 15.2. The van der Waals surface area contributed by atoms with Crippen LogP contribution >= 0.6 is 27.3 Å². The number of likely N-dealkylation sites (tertiary alicyclic amines) is 1. The number of fused-ring (bicyclic) bond motifs is 1. The van der Waals surface area contributed by atoms with Gasteiger partial charge >= 0.3 is 6.18 Å². The van der Waals surface area contributed by atoms with Crippen LogP contribution in [-0.2, 0) is 0 Å². The average molecular weight is 477 g/mol. The number of hydrogen-bond donors (Lipinski definition) is 1. The Morgan fingerprint density at radius 2 is 2.18 bits per heavy atom. The number of rotatable bonds is 2. The van der Waals surface area contributed by atoms with E-state index in [1.807, 2.05) is 24.4 Å². The van der Waals surface area contributed by atoms with Crippen molar-refractivity contribution in [3.8, 4) is 0 Å². The van der Waals surface area contributed by atoms with Crippen LogP contribution in [0.4, 0.5) is 19.0 Å². The minimum atomic E-state index is -4.46. The number of piperidine rings is 1. The maximum Gasteiger partial charge on any atom is 0.410 e. The van der Waals surface area contributed by atoms with Crippen LogP contribution in [0, 0.1) is 0 Å². The van der Waals surface area contributed by atoms with Crippen LogP contribution in [0.25, 0.3) is 0 Å². The largest absolute Gasteiger partial charge is 0.410 e. The lowest BCUT2D eigenvalue weighted by Gasteiger charge is -2.33. The van der Waals surface area contributed by atoms with Crippen LogP contribution in [0.3, 0.4) is 0 Å². The second kappa shape index (κ2) is 7.37. The maximum atomic E-state index is 13.8. The first kappa shape index (κ1) is 19.8. The Morgan fingerprint density at radius 1 is 1.39 bits per heavy atom. The number of hydrogen-bond acceptors (Lipinski definition) is 4. The Labute approximate surface area is 173 Å². The summed E-state index contributed by atoms with van der Waals surface area (Å²) in [7, 11) is 0. The SMILES string of the molecule is C[C@@H]1CCCCN1C(=O)c1nn2c(c1Br)N[C@@H](c1cccs1)C[C@H]2C(F)(F)F. The molecule has 0 unspecified atom stereocenters. The van der Waals surface area contributed by atoms with Crippen molar-refractivity contribution in [1.82, 2.24) is 14.7 Å². The molecule has 3 atom stereocenters. The van der Waals surface area contributed by atoms with Gasteiger partial charge in [0.1, 0.15) is 5.82 Å². The number of thiophene rings is 1. The van der Waals surface area contributed by atoms with Gasteiger partial charge < -0.3 is 10.2 Å². The summed E-state index contributed by atoms with van der Waals surface area (Å²) in [5.74, 6) is -0.114. The molecule has 0 radical (unpaired) electrons. The van der Waals surface area contributed by atoms with Crippen LogP contribution in [-0.4, -0.2) is 39.4 Å². The van der Waals surface area contributed by atoms with E-state index in [0.29, 0.717) is 11.0 Å². The fraction of sp³-hybridized carbons (Fsp3) is 0.556. The lowest BCUT2D eigenvalue weighted by molar-refractivity contribution is -0.173. The summed E-state index contributed by atoms with van der Waals surface area (Å²) >= 11 is 4.76. The number of nitrogens with zero attached hydrogens (tertiary/aromatic N) is 3. The summed E-state index contributed by atoms with van der Waals surface area (Å²) < 4.78 is 42.6. The zero-order chi connectivity index (χ0) is 20.1. The Bertz CT molecular complexity index is 867. The number of carbonyl (C=O) groups excluding carboxylic acids is 1. The standard InChI is InChI=1S/C18H20BrF3N4OS/c1-10-5-2-3-7-25(10)17(27)15-14(19)16-23-11(12-6-4-8-28-12)9-13(18(20,21)22)26(16)24-15/h4,6,8,10-11,13,23H,2-3,5,7,9H2,1H3/t10-,11-,13+/m1/s1. The van der Waals surface area contributed by atoms with E-state index in [1.54, 1.807) is 4.90 Å². The highest BCUT2D eigenvalue weighted by molar-refractivity contribution is 9.10. The fourth-order valence-electron chi connectivity index (χ4n) is 3.94. The molecule has 5 nitrogen and oxygen atoms in total. The van der Waals surface area contributed by atoms with E-state index in [4.69, 9.17) is 0 Å². The Morgan fingerprint density at radius 3 is 2.82 bits per heavy atom. The van der Waals surface area contributed by atoms with Gasteiger partial charge in [0.15, 0.2) is 11.7 Å². The number of halogens is 4. The molecule has 0 aliphatic carbocycles. The van der Waals surface area contributed by atoms with Gasteiger partial charge in [-0.05, 0) is 53.6 Å². The van der Waals surface area contributed by atoms with E-state index < -0.39 is 18.3 Å². The number of aromatic nitrogens is 2. The number of alkyl halides is 3. The van der Waals surface area contributed by atoms with E-state index in [-0.39, 0.29) is 29.9 Å². The molecule has 1 N–H and O–H groups in total. The molecule has 4 rings (SSSR count). The van der Waals surface area contributed by atoms with Gasteiger partial charge in [-0.25, -0.2) is 4.68 Å². The monoisotopic (exact) mass is 476 g/mol. The van der Waals surface area contributed by atoms with Crippen molar-refractivity contribution in [2.24, 2.45) is 0 Å². The van der Waals surface area contributed by atoms with Crippen molar-refractivity contribution < 1.29 is 18.0 Å². The lowest BCUT2D eigenvalue weighted by atomic mass is 10.0. The van der Waals surface area contributed by atoms with E-state index in [9.17, 15) is 18.0 Å². The first-order valence-corrected chi connectivity index (χ1v) is 10.9. The quantitative estimate of drug-likeness (QED) is 0.632. The van der Waals surface area contributed by atoms with Gasteiger partial charge in [0.25, 0.3) is 5.91 Å². The second-order valence-electron chi connectivity index (χ2n) is 7.30. The van der Waals surface area contributed by atoms with Crippen molar-refractivity contribution in [1.29, 1.82) is 0 Å². The second-order valence-corrected chi connectivity index (χ2v) is 9.08. The van der Waals surface area contributed by atoms with Crippen LogP contribution < -0.4 is 5.32 Å². The van der Waals surface area contributed by atoms with Gasteiger partial charge in [0, 0.05) is 23.9 Å². The van der Waals surface area contributed by atoms with Gasteiger partial charge in [0.05, 0.1) is 10.5 Å². The third-order valence-corrected chi connectivity index (χ3v) is 7.19. The predicted octanol–water partition coefficient (Wildman–Crippen LogP) is 5.38. The van der Waals surface area contributed by atoms with Gasteiger partial charge in [-0.3, -0.25) is 4.79 Å². The molecule has 2 aliphatic heterocycles. The summed E-state index contributed by atoms with van der Waals surface area (Å²) in [6.45, 7) is 2.56. The summed E-state index contributed by atoms with van der Waals surface area (Å²) in [4.78, 5) is 15.6. The maximum absolute atomic E-state index is 13.8. The molecular formula is C18H20BrF3N4OS. The van der Waals surface area contributed by atoms with Crippen molar-refractivity contribution in [3.63, 3.8) is 0 Å².